The van der Waals surface area contributed by atoms with Crippen molar-refractivity contribution in [3.05, 3.63) is 128 Å². The van der Waals surface area contributed by atoms with E-state index in [-0.39, 0.29) is 56.8 Å². The van der Waals surface area contributed by atoms with Crippen LogP contribution in [0, 0.1) is 17.0 Å². The van der Waals surface area contributed by atoms with Gasteiger partial charge in [-0.15, -0.1) is 0 Å². The molecule has 0 spiro atoms. The number of nitrogens with one attached hydrogen (secondary N) is 1. The zero-order chi connectivity index (χ0) is 37.4. The number of carbonyl (C=O) groups is 2. The van der Waals surface area contributed by atoms with E-state index in [0.717, 1.165) is 48.0 Å². The predicted molar refractivity (Wildman–Crippen MR) is 201 cm³/mol. The summed E-state index contributed by atoms with van der Waals surface area (Å²) in [6, 6.07) is 22.6. The molecule has 52 heavy (non-hydrogen) atoms. The van der Waals surface area contributed by atoms with E-state index in [9.17, 15) is 28.1 Å². The molecule has 2 amide bonds. The Balaban J connectivity index is 1.62. The second-order valence-corrected chi connectivity index (χ2v) is 15.4. The maximum Gasteiger partial charge on any atom is 0.273 e. The molecular weight excluding hydrogens is 727 g/mol. The van der Waals surface area contributed by atoms with Crippen LogP contribution in [0.4, 0.5) is 11.4 Å². The Morgan fingerprint density at radius 2 is 1.60 bits per heavy atom. The number of ether oxygens (including phenoxy) is 1. The van der Waals surface area contributed by atoms with Crippen molar-refractivity contribution in [3.8, 4) is 5.75 Å². The van der Waals surface area contributed by atoms with Crippen molar-refractivity contribution >= 4 is 56.4 Å². The molecule has 14 heteroatoms. The molecule has 4 aromatic rings. The van der Waals surface area contributed by atoms with E-state index in [1.165, 1.54) is 55.3 Å². The van der Waals surface area contributed by atoms with Crippen LogP contribution in [0.25, 0.3) is 0 Å². The highest BCUT2D eigenvalue weighted by molar-refractivity contribution is 7.92. The number of hydrogen-bond donors (Lipinski definition) is 1. The zero-order valence-corrected chi connectivity index (χ0v) is 31.2. The summed E-state index contributed by atoms with van der Waals surface area (Å²) in [7, 11) is -3.14. The van der Waals surface area contributed by atoms with Gasteiger partial charge in [-0.05, 0) is 67.8 Å². The molecule has 1 atom stereocenters. The molecule has 0 bridgehead atoms. The lowest BCUT2D eigenvalue weighted by molar-refractivity contribution is -0.385. The lowest BCUT2D eigenvalue weighted by Gasteiger charge is -2.35. The number of nitro benzene ring substituents is 1. The van der Waals surface area contributed by atoms with Gasteiger partial charge in [0.15, 0.2) is 0 Å². The maximum absolute atomic E-state index is 14.8. The number of sulfonamides is 1. The van der Waals surface area contributed by atoms with Gasteiger partial charge in [0.2, 0.25) is 11.8 Å². The highest BCUT2D eigenvalue weighted by Crippen LogP contribution is 2.31. The standard InChI is InChI=1S/C38H40Cl2N4O7S/c1-26-16-21-31(23-35(26)44(47)48)52(49,50)43(29-17-19-30(51-2)20-18-29)25-37(45)42(24-32-33(39)14-9-15-34(32)40)36(22-27-10-5-3-6-11-27)38(46)41-28-12-7-4-8-13-28/h3,5-6,9-11,14-21,23,28,36H,4,7-8,12-13,22,24-25H2,1-2H3,(H,41,46). The predicted octanol–water partition coefficient (Wildman–Crippen LogP) is 7.50. The van der Waals surface area contributed by atoms with Crippen molar-refractivity contribution in [1.29, 1.82) is 0 Å². The Hall–Kier alpha value is -4.65. The van der Waals surface area contributed by atoms with E-state index in [2.05, 4.69) is 5.32 Å². The first-order chi connectivity index (χ1) is 24.9. The van der Waals surface area contributed by atoms with Gasteiger partial charge < -0.3 is 15.0 Å². The largest absolute Gasteiger partial charge is 0.497 e. The molecule has 0 heterocycles. The van der Waals surface area contributed by atoms with Crippen LogP contribution in [0.5, 0.6) is 5.75 Å². The molecule has 0 saturated heterocycles. The monoisotopic (exact) mass is 766 g/mol. The lowest BCUT2D eigenvalue weighted by Crippen LogP contribution is -2.55. The first-order valence-corrected chi connectivity index (χ1v) is 19.1. The van der Waals surface area contributed by atoms with Gasteiger partial charge in [0, 0.05) is 46.2 Å². The van der Waals surface area contributed by atoms with Crippen LogP contribution < -0.4 is 14.4 Å². The van der Waals surface area contributed by atoms with Crippen LogP contribution in [0.15, 0.2) is 95.9 Å². The van der Waals surface area contributed by atoms with Gasteiger partial charge in [0.05, 0.1) is 22.6 Å². The quantitative estimate of drug-likeness (QED) is 0.104. The third-order valence-electron chi connectivity index (χ3n) is 9.22. The Morgan fingerprint density at radius 3 is 2.21 bits per heavy atom. The molecule has 1 N–H and O–H groups in total. The van der Waals surface area contributed by atoms with Gasteiger partial charge in [-0.2, -0.15) is 0 Å². The van der Waals surface area contributed by atoms with Crippen LogP contribution in [-0.2, 0) is 32.6 Å². The van der Waals surface area contributed by atoms with Gasteiger partial charge >= 0.3 is 0 Å². The Kier molecular flexibility index (Phi) is 12.8. The van der Waals surface area contributed by atoms with Crippen LogP contribution in [-0.4, -0.2) is 55.8 Å². The number of aryl methyl sites for hydroxylation is 1. The number of halogens is 2. The van der Waals surface area contributed by atoms with Gasteiger partial charge in [-0.3, -0.25) is 24.0 Å². The number of hydrogen-bond acceptors (Lipinski definition) is 7. The average Bonchev–Trinajstić information content (AvgIpc) is 3.13. The Bertz CT molecular complexity index is 1990. The van der Waals surface area contributed by atoms with Crippen LogP contribution in [0.2, 0.25) is 10.0 Å². The number of benzene rings is 4. The molecule has 0 aliphatic heterocycles. The van der Waals surface area contributed by atoms with E-state index in [4.69, 9.17) is 27.9 Å². The molecule has 0 radical (unpaired) electrons. The zero-order valence-electron chi connectivity index (χ0n) is 28.8. The molecule has 0 aromatic heterocycles. The smallest absolute Gasteiger partial charge is 0.273 e. The molecule has 1 aliphatic rings. The Morgan fingerprint density at radius 1 is 0.942 bits per heavy atom. The summed E-state index contributed by atoms with van der Waals surface area (Å²) in [6.07, 6.45) is 4.75. The number of nitro groups is 1. The van der Waals surface area contributed by atoms with Gasteiger partial charge in [0.1, 0.15) is 18.3 Å². The summed E-state index contributed by atoms with van der Waals surface area (Å²) in [5, 5.41) is 15.5. The summed E-state index contributed by atoms with van der Waals surface area (Å²) in [5.74, 6) is -0.673. The van der Waals surface area contributed by atoms with Crippen molar-refractivity contribution in [2.24, 2.45) is 0 Å². The summed E-state index contributed by atoms with van der Waals surface area (Å²) < 4.78 is 35.0. The van der Waals surface area contributed by atoms with E-state index >= 15 is 0 Å². The van der Waals surface area contributed by atoms with E-state index < -0.39 is 33.4 Å². The van der Waals surface area contributed by atoms with Crippen molar-refractivity contribution in [1.82, 2.24) is 10.2 Å². The number of rotatable bonds is 14. The van der Waals surface area contributed by atoms with Crippen LogP contribution in [0.1, 0.15) is 48.8 Å². The summed E-state index contributed by atoms with van der Waals surface area (Å²) >= 11 is 13.2. The molecular formula is C38H40Cl2N4O7S. The number of nitrogens with zero attached hydrogens (tertiary/aromatic N) is 3. The van der Waals surface area contributed by atoms with E-state index in [1.54, 1.807) is 18.2 Å². The molecule has 11 nitrogen and oxygen atoms in total. The molecule has 1 saturated carbocycles. The third-order valence-corrected chi connectivity index (χ3v) is 11.7. The van der Waals surface area contributed by atoms with Crippen LogP contribution >= 0.6 is 23.2 Å². The molecule has 1 aliphatic carbocycles. The van der Waals surface area contributed by atoms with Crippen molar-refractivity contribution in [2.75, 3.05) is 18.0 Å². The minimum Gasteiger partial charge on any atom is -0.497 e. The number of amides is 2. The number of carbonyl (C=O) groups excluding carboxylic acids is 2. The SMILES string of the molecule is COc1ccc(N(CC(=O)N(Cc2c(Cl)cccc2Cl)C(Cc2ccccc2)C(=O)NC2CCCCC2)S(=O)(=O)c2ccc(C)c([N+](=O)[O-])c2)cc1. The summed E-state index contributed by atoms with van der Waals surface area (Å²) in [5.41, 5.74) is 1.14. The fourth-order valence-corrected chi connectivity index (χ4v) is 8.25. The lowest BCUT2D eigenvalue weighted by atomic mass is 9.94. The fourth-order valence-electron chi connectivity index (χ4n) is 6.30. The topological polar surface area (TPSA) is 139 Å². The van der Waals surface area contributed by atoms with Gasteiger partial charge in [-0.25, -0.2) is 8.42 Å². The first-order valence-electron chi connectivity index (χ1n) is 16.9. The number of anilines is 1. The summed E-state index contributed by atoms with van der Waals surface area (Å²) in [4.78, 5) is 41.2. The van der Waals surface area contributed by atoms with E-state index in [1.807, 2.05) is 30.3 Å². The van der Waals surface area contributed by atoms with Crippen molar-refractivity contribution < 1.29 is 27.7 Å². The Labute approximate surface area is 313 Å². The minimum absolute atomic E-state index is 0.0751. The minimum atomic E-state index is -4.60. The highest BCUT2D eigenvalue weighted by Gasteiger charge is 2.36. The van der Waals surface area contributed by atoms with Crippen molar-refractivity contribution in [2.45, 2.75) is 69.0 Å². The average molecular weight is 768 g/mol. The number of methoxy groups -OCH3 is 1. The van der Waals surface area contributed by atoms with Crippen molar-refractivity contribution in [3.63, 3.8) is 0 Å². The van der Waals surface area contributed by atoms with Crippen LogP contribution in [0.3, 0.4) is 0 Å². The summed E-state index contributed by atoms with van der Waals surface area (Å²) in [6.45, 7) is 0.530. The first kappa shape index (κ1) is 38.6. The fraction of sp³-hybridized carbons (Fsp3) is 0.316. The second-order valence-electron chi connectivity index (χ2n) is 12.7. The van der Waals surface area contributed by atoms with Gasteiger partial charge in [-0.1, -0.05) is 84.9 Å². The molecule has 4 aromatic carbocycles. The molecule has 1 unspecified atom stereocenters. The maximum atomic E-state index is 14.8. The second kappa shape index (κ2) is 17.2. The molecule has 274 valence electrons. The third kappa shape index (κ3) is 9.22. The highest BCUT2D eigenvalue weighted by atomic mass is 35.5. The van der Waals surface area contributed by atoms with Gasteiger partial charge in [0.25, 0.3) is 15.7 Å². The normalized spacial score (nSPS) is 13.9. The molecule has 5 rings (SSSR count). The van der Waals surface area contributed by atoms with E-state index in [0.29, 0.717) is 11.3 Å². The molecule has 1 fully saturated rings.